The summed E-state index contributed by atoms with van der Waals surface area (Å²) in [6, 6.07) is 0. The molecule has 15 heavy (non-hydrogen) atoms. The van der Waals surface area contributed by atoms with Gasteiger partial charge in [-0.2, -0.15) is 0 Å². The summed E-state index contributed by atoms with van der Waals surface area (Å²) in [5, 5.41) is 0. The molecule has 0 radical (unpaired) electrons. The Balaban J connectivity index is 4.43. The van der Waals surface area contributed by atoms with Crippen molar-refractivity contribution in [1.29, 1.82) is 0 Å². The van der Waals surface area contributed by atoms with E-state index in [1.165, 1.54) is 25.7 Å². The fourth-order valence-corrected chi connectivity index (χ4v) is 2.07. The van der Waals surface area contributed by atoms with Crippen LogP contribution in [0.3, 0.4) is 0 Å². The van der Waals surface area contributed by atoms with Crippen molar-refractivity contribution in [3.63, 3.8) is 0 Å². The summed E-state index contributed by atoms with van der Waals surface area (Å²) in [5.74, 6) is 0. The van der Waals surface area contributed by atoms with Gasteiger partial charge in [-0.3, -0.25) is 0 Å². The van der Waals surface area contributed by atoms with Crippen LogP contribution in [0.15, 0.2) is 0 Å². The number of unbranched alkanes of at least 4 members (excludes halogenated alkanes) is 2. The molecular weight excluding hydrogens is 188 g/mol. The summed E-state index contributed by atoms with van der Waals surface area (Å²) in [7, 11) is 3.59. The highest BCUT2D eigenvalue weighted by Crippen LogP contribution is 2.30. The lowest BCUT2D eigenvalue weighted by Gasteiger charge is -2.37. The van der Waals surface area contributed by atoms with Gasteiger partial charge in [0, 0.05) is 14.2 Å². The Labute approximate surface area is 95.3 Å². The van der Waals surface area contributed by atoms with Crippen LogP contribution in [0.25, 0.3) is 0 Å². The van der Waals surface area contributed by atoms with Crippen LogP contribution in [-0.2, 0) is 9.47 Å². The molecule has 0 aliphatic rings. The van der Waals surface area contributed by atoms with E-state index in [1.807, 2.05) is 7.11 Å². The van der Waals surface area contributed by atoms with Crippen molar-refractivity contribution < 1.29 is 9.47 Å². The second-order valence-electron chi connectivity index (χ2n) is 4.35. The highest BCUT2D eigenvalue weighted by molar-refractivity contribution is 4.86. The van der Waals surface area contributed by atoms with E-state index >= 15 is 0 Å². The molecule has 0 rings (SSSR count). The van der Waals surface area contributed by atoms with Crippen molar-refractivity contribution in [2.45, 2.75) is 71.0 Å². The molecule has 0 spiro atoms. The van der Waals surface area contributed by atoms with Gasteiger partial charge in [0.05, 0.1) is 11.7 Å². The summed E-state index contributed by atoms with van der Waals surface area (Å²) in [6.45, 7) is 6.56. The van der Waals surface area contributed by atoms with Gasteiger partial charge in [0.15, 0.2) is 0 Å². The monoisotopic (exact) mass is 216 g/mol. The summed E-state index contributed by atoms with van der Waals surface area (Å²) >= 11 is 0. The van der Waals surface area contributed by atoms with Crippen LogP contribution in [0.5, 0.6) is 0 Å². The van der Waals surface area contributed by atoms with Gasteiger partial charge >= 0.3 is 0 Å². The third kappa shape index (κ3) is 4.52. The molecule has 1 atom stereocenters. The molecule has 0 fully saturated rings. The molecular formula is C13H28O2. The Morgan fingerprint density at radius 2 is 1.47 bits per heavy atom. The minimum Gasteiger partial charge on any atom is -0.379 e. The van der Waals surface area contributed by atoms with Gasteiger partial charge in [-0.05, 0) is 19.8 Å². The zero-order valence-electron chi connectivity index (χ0n) is 11.1. The predicted octanol–water partition coefficient (Wildman–Crippen LogP) is 3.79. The number of methoxy groups -OCH3 is 2. The predicted molar refractivity (Wildman–Crippen MR) is 65.3 cm³/mol. The molecule has 0 aliphatic heterocycles. The van der Waals surface area contributed by atoms with Crippen molar-refractivity contribution in [2.75, 3.05) is 14.2 Å². The number of hydrogen-bond acceptors (Lipinski definition) is 2. The van der Waals surface area contributed by atoms with Gasteiger partial charge in [-0.25, -0.2) is 0 Å². The molecule has 2 heteroatoms. The van der Waals surface area contributed by atoms with Gasteiger partial charge in [-0.1, -0.05) is 39.5 Å². The molecule has 0 aromatic rings. The first-order valence-corrected chi connectivity index (χ1v) is 6.24. The van der Waals surface area contributed by atoms with E-state index < -0.39 is 0 Å². The lowest BCUT2D eigenvalue weighted by Crippen LogP contribution is -2.43. The van der Waals surface area contributed by atoms with Gasteiger partial charge in [0.25, 0.3) is 0 Å². The average molecular weight is 216 g/mol. The summed E-state index contributed by atoms with van der Waals surface area (Å²) < 4.78 is 11.2. The SMILES string of the molecule is CCCCC(CCCC)(OC)C(C)OC. The van der Waals surface area contributed by atoms with Crippen molar-refractivity contribution in [3.8, 4) is 0 Å². The van der Waals surface area contributed by atoms with Gasteiger partial charge in [0.1, 0.15) is 0 Å². The van der Waals surface area contributed by atoms with Crippen molar-refractivity contribution in [3.05, 3.63) is 0 Å². The molecule has 0 heterocycles. The smallest absolute Gasteiger partial charge is 0.0936 e. The summed E-state index contributed by atoms with van der Waals surface area (Å²) in [5.41, 5.74) is -0.0687. The lowest BCUT2D eigenvalue weighted by molar-refractivity contribution is -0.121. The Bertz CT molecular complexity index is 137. The van der Waals surface area contributed by atoms with Crippen molar-refractivity contribution >= 4 is 0 Å². The van der Waals surface area contributed by atoms with Crippen LogP contribution in [0.1, 0.15) is 59.3 Å². The van der Waals surface area contributed by atoms with E-state index in [9.17, 15) is 0 Å². The quantitative estimate of drug-likeness (QED) is 0.584. The molecule has 2 nitrogen and oxygen atoms in total. The highest BCUT2D eigenvalue weighted by atomic mass is 16.5. The third-order valence-electron chi connectivity index (χ3n) is 3.41. The Kier molecular flexibility index (Phi) is 8.07. The van der Waals surface area contributed by atoms with E-state index in [2.05, 4.69) is 20.8 Å². The second kappa shape index (κ2) is 8.12. The summed E-state index contributed by atoms with van der Waals surface area (Å²) in [4.78, 5) is 0. The molecule has 0 N–H and O–H groups in total. The van der Waals surface area contributed by atoms with Crippen LogP contribution < -0.4 is 0 Å². The molecule has 92 valence electrons. The number of ether oxygens (including phenoxy) is 2. The molecule has 1 unspecified atom stereocenters. The second-order valence-corrected chi connectivity index (χ2v) is 4.35. The molecule has 0 saturated heterocycles. The first-order chi connectivity index (χ1) is 7.16. The topological polar surface area (TPSA) is 18.5 Å². The van der Waals surface area contributed by atoms with Gasteiger partial charge in [0.2, 0.25) is 0 Å². The van der Waals surface area contributed by atoms with Crippen LogP contribution in [0, 0.1) is 0 Å². The molecule has 0 aliphatic carbocycles. The standard InChI is InChI=1S/C13H28O2/c1-6-8-10-13(15-5,11-9-7-2)12(3)14-4/h12H,6-11H2,1-5H3. The average Bonchev–Trinajstić information content (AvgIpc) is 2.29. The van der Waals surface area contributed by atoms with Crippen molar-refractivity contribution in [2.24, 2.45) is 0 Å². The van der Waals surface area contributed by atoms with E-state index in [0.29, 0.717) is 0 Å². The van der Waals surface area contributed by atoms with Crippen LogP contribution in [0.2, 0.25) is 0 Å². The molecule has 0 saturated carbocycles. The lowest BCUT2D eigenvalue weighted by atomic mass is 9.86. The van der Waals surface area contributed by atoms with Crippen LogP contribution in [-0.4, -0.2) is 25.9 Å². The maximum Gasteiger partial charge on any atom is 0.0936 e. The van der Waals surface area contributed by atoms with Crippen LogP contribution in [0.4, 0.5) is 0 Å². The Morgan fingerprint density at radius 3 is 1.73 bits per heavy atom. The van der Waals surface area contributed by atoms with E-state index in [1.54, 1.807) is 7.11 Å². The number of hydrogen-bond donors (Lipinski definition) is 0. The highest BCUT2D eigenvalue weighted by Gasteiger charge is 2.35. The van der Waals surface area contributed by atoms with E-state index in [0.717, 1.165) is 12.8 Å². The van der Waals surface area contributed by atoms with Crippen LogP contribution >= 0.6 is 0 Å². The first-order valence-electron chi connectivity index (χ1n) is 6.24. The molecule has 0 bridgehead atoms. The zero-order valence-corrected chi connectivity index (χ0v) is 11.1. The van der Waals surface area contributed by atoms with Crippen molar-refractivity contribution in [1.82, 2.24) is 0 Å². The van der Waals surface area contributed by atoms with E-state index in [4.69, 9.17) is 9.47 Å². The first kappa shape index (κ1) is 14.9. The molecule has 0 aromatic heterocycles. The maximum atomic E-state index is 5.77. The minimum absolute atomic E-state index is 0.0687. The van der Waals surface area contributed by atoms with E-state index in [-0.39, 0.29) is 11.7 Å². The Morgan fingerprint density at radius 1 is 1.00 bits per heavy atom. The fourth-order valence-electron chi connectivity index (χ4n) is 2.07. The molecule has 0 amide bonds. The zero-order chi connectivity index (χ0) is 11.7. The largest absolute Gasteiger partial charge is 0.379 e. The van der Waals surface area contributed by atoms with Gasteiger partial charge < -0.3 is 9.47 Å². The molecule has 0 aromatic carbocycles. The fraction of sp³-hybridized carbons (Fsp3) is 1.00. The number of rotatable bonds is 9. The third-order valence-corrected chi connectivity index (χ3v) is 3.41. The summed E-state index contributed by atoms with van der Waals surface area (Å²) in [6.07, 6.45) is 7.25. The van der Waals surface area contributed by atoms with Gasteiger partial charge in [-0.15, -0.1) is 0 Å². The Hall–Kier alpha value is -0.0800. The normalized spacial score (nSPS) is 14.2. The maximum absolute atomic E-state index is 5.77. The minimum atomic E-state index is -0.0687.